The van der Waals surface area contributed by atoms with Crippen molar-refractivity contribution in [1.82, 2.24) is 0 Å². The van der Waals surface area contributed by atoms with Crippen LogP contribution in [-0.2, 0) is 4.79 Å². The van der Waals surface area contributed by atoms with Gasteiger partial charge >= 0.3 is 0 Å². The highest BCUT2D eigenvalue weighted by Crippen LogP contribution is 2.67. The van der Waals surface area contributed by atoms with Crippen molar-refractivity contribution in [3.63, 3.8) is 0 Å². The Hall–Kier alpha value is -0.810. The number of rotatable bonds is 0. The maximum Gasteiger partial charge on any atom is 0.139 e. The lowest BCUT2D eigenvalue weighted by molar-refractivity contribution is -0.156. The molecule has 0 aliphatic heterocycles. The molecule has 0 spiro atoms. The standard InChI is InChI=1S/C22H32O2/c1-5-14-10-15-16-6-7-20(24)21(16,3)9-8-17(15)22(4)12-13(2)19(23)11-18(14)22/h1,13-19,23H,6-12H2,2-4H3/t13-,14?,15+,16+,17+,18-,19-,21+,22-/m1/s1. The number of ketones is 1. The molecular formula is C22H32O2. The number of aliphatic hydroxyl groups is 1. The minimum absolute atomic E-state index is 0.0801. The van der Waals surface area contributed by atoms with E-state index in [2.05, 4.69) is 26.7 Å². The van der Waals surface area contributed by atoms with Crippen LogP contribution < -0.4 is 0 Å². The van der Waals surface area contributed by atoms with Gasteiger partial charge in [-0.3, -0.25) is 4.79 Å². The van der Waals surface area contributed by atoms with Gasteiger partial charge < -0.3 is 5.11 Å². The first-order valence-electron chi connectivity index (χ1n) is 9.98. The average Bonchev–Trinajstić information content (AvgIpc) is 2.84. The Kier molecular flexibility index (Phi) is 3.70. The van der Waals surface area contributed by atoms with E-state index in [-0.39, 0.29) is 22.9 Å². The molecule has 0 aromatic carbocycles. The lowest BCUT2D eigenvalue weighted by atomic mass is 9.42. The number of carbonyl (C=O) groups is 1. The van der Waals surface area contributed by atoms with E-state index in [1.165, 1.54) is 6.42 Å². The number of hydrogen-bond acceptors (Lipinski definition) is 2. The molecule has 24 heavy (non-hydrogen) atoms. The number of aliphatic hydroxyl groups excluding tert-OH is 1. The average molecular weight is 328 g/mol. The largest absolute Gasteiger partial charge is 0.393 e. The van der Waals surface area contributed by atoms with Crippen LogP contribution in [0.5, 0.6) is 0 Å². The topological polar surface area (TPSA) is 37.3 Å². The van der Waals surface area contributed by atoms with Gasteiger partial charge in [0.1, 0.15) is 5.78 Å². The van der Waals surface area contributed by atoms with Crippen LogP contribution in [0.2, 0.25) is 0 Å². The van der Waals surface area contributed by atoms with Crippen molar-refractivity contribution in [2.45, 2.75) is 71.8 Å². The second-order valence-electron chi connectivity index (χ2n) is 9.90. The highest BCUT2D eigenvalue weighted by atomic mass is 16.3. The van der Waals surface area contributed by atoms with E-state index in [4.69, 9.17) is 6.42 Å². The molecule has 4 aliphatic rings. The van der Waals surface area contributed by atoms with Gasteiger partial charge in [0.05, 0.1) is 6.10 Å². The summed E-state index contributed by atoms with van der Waals surface area (Å²) in [6.45, 7) is 6.89. The Morgan fingerprint density at radius 3 is 2.62 bits per heavy atom. The van der Waals surface area contributed by atoms with Crippen LogP contribution >= 0.6 is 0 Å². The van der Waals surface area contributed by atoms with Gasteiger partial charge in [-0.1, -0.05) is 20.8 Å². The predicted molar refractivity (Wildman–Crippen MR) is 95.0 cm³/mol. The van der Waals surface area contributed by atoms with Gasteiger partial charge in [0.25, 0.3) is 0 Å². The van der Waals surface area contributed by atoms with Crippen molar-refractivity contribution < 1.29 is 9.90 Å². The van der Waals surface area contributed by atoms with Crippen LogP contribution in [0.3, 0.4) is 0 Å². The molecular weight excluding hydrogens is 296 g/mol. The molecule has 2 nitrogen and oxygen atoms in total. The monoisotopic (exact) mass is 328 g/mol. The molecule has 132 valence electrons. The first kappa shape index (κ1) is 16.6. The van der Waals surface area contributed by atoms with Crippen LogP contribution in [0.4, 0.5) is 0 Å². The molecule has 2 heteroatoms. The van der Waals surface area contributed by atoms with Crippen molar-refractivity contribution in [2.24, 2.45) is 46.3 Å². The van der Waals surface area contributed by atoms with Gasteiger partial charge in [0.2, 0.25) is 0 Å². The van der Waals surface area contributed by atoms with E-state index in [1.54, 1.807) is 0 Å². The van der Waals surface area contributed by atoms with Crippen molar-refractivity contribution >= 4 is 5.78 Å². The molecule has 4 rings (SSSR count). The van der Waals surface area contributed by atoms with Gasteiger partial charge in [-0.25, -0.2) is 0 Å². The van der Waals surface area contributed by atoms with Crippen molar-refractivity contribution in [3.05, 3.63) is 0 Å². The summed E-state index contributed by atoms with van der Waals surface area (Å²) in [5.74, 6) is 6.54. The summed E-state index contributed by atoms with van der Waals surface area (Å²) in [5.41, 5.74) is 0.162. The molecule has 0 aromatic rings. The number of hydrogen-bond donors (Lipinski definition) is 1. The quantitative estimate of drug-likeness (QED) is 0.681. The highest BCUT2D eigenvalue weighted by Gasteiger charge is 2.62. The summed E-state index contributed by atoms with van der Waals surface area (Å²) in [4.78, 5) is 12.5. The fraction of sp³-hybridized carbons (Fsp3) is 0.864. The zero-order chi connectivity index (χ0) is 17.3. The van der Waals surface area contributed by atoms with Crippen molar-refractivity contribution in [2.75, 3.05) is 0 Å². The molecule has 4 aliphatic carbocycles. The molecule has 0 aromatic heterocycles. The Morgan fingerprint density at radius 1 is 1.17 bits per heavy atom. The molecule has 9 atom stereocenters. The van der Waals surface area contributed by atoms with Crippen LogP contribution in [0.1, 0.15) is 65.7 Å². The predicted octanol–water partition coefficient (Wildman–Crippen LogP) is 4.06. The lowest BCUT2D eigenvalue weighted by Crippen LogP contribution is -2.57. The van der Waals surface area contributed by atoms with Gasteiger partial charge in [-0.05, 0) is 73.5 Å². The first-order chi connectivity index (χ1) is 11.3. The fourth-order valence-electron chi connectivity index (χ4n) is 7.64. The summed E-state index contributed by atoms with van der Waals surface area (Å²) < 4.78 is 0. The van der Waals surface area contributed by atoms with E-state index in [9.17, 15) is 9.90 Å². The van der Waals surface area contributed by atoms with E-state index < -0.39 is 0 Å². The molecule has 1 unspecified atom stereocenters. The zero-order valence-electron chi connectivity index (χ0n) is 15.4. The van der Waals surface area contributed by atoms with Crippen LogP contribution in [0.25, 0.3) is 0 Å². The SMILES string of the molecule is C#CC1C[C@@H]2[C@H](CC[C@]3(C)C(=O)CC[C@@H]23)[C@@]2(C)C[C@@H](C)[C@H](O)C[C@H]12. The smallest absolute Gasteiger partial charge is 0.139 e. The molecule has 4 fully saturated rings. The van der Waals surface area contributed by atoms with Crippen LogP contribution in [0.15, 0.2) is 0 Å². The maximum atomic E-state index is 12.5. The Morgan fingerprint density at radius 2 is 1.92 bits per heavy atom. The molecule has 0 amide bonds. The summed E-state index contributed by atoms with van der Waals surface area (Å²) in [5, 5.41) is 10.5. The van der Waals surface area contributed by atoms with Gasteiger partial charge in [-0.2, -0.15) is 0 Å². The molecule has 4 saturated carbocycles. The van der Waals surface area contributed by atoms with Gasteiger partial charge in [-0.15, -0.1) is 12.3 Å². The minimum Gasteiger partial charge on any atom is -0.393 e. The highest BCUT2D eigenvalue weighted by molar-refractivity contribution is 5.87. The minimum atomic E-state index is -0.197. The number of carbonyl (C=O) groups excluding carboxylic acids is 1. The third kappa shape index (κ3) is 2.03. The summed E-state index contributed by atoms with van der Waals surface area (Å²) in [6.07, 6.45) is 12.9. The Labute approximate surface area is 146 Å². The Balaban J connectivity index is 1.72. The number of fused-ring (bicyclic) bond motifs is 5. The molecule has 1 N–H and O–H groups in total. The number of terminal acetylenes is 1. The van der Waals surface area contributed by atoms with Crippen molar-refractivity contribution in [1.29, 1.82) is 0 Å². The van der Waals surface area contributed by atoms with Gasteiger partial charge in [0, 0.05) is 17.8 Å². The molecule has 0 heterocycles. The second-order valence-corrected chi connectivity index (χ2v) is 9.90. The third-order valence-corrected chi connectivity index (χ3v) is 8.98. The van der Waals surface area contributed by atoms with Gasteiger partial charge in [0.15, 0.2) is 0 Å². The Bertz CT molecular complexity index is 589. The zero-order valence-corrected chi connectivity index (χ0v) is 15.4. The molecule has 0 bridgehead atoms. The molecule has 0 saturated heterocycles. The summed E-state index contributed by atoms with van der Waals surface area (Å²) in [7, 11) is 0. The van der Waals surface area contributed by atoms with E-state index in [1.807, 2.05) is 0 Å². The van der Waals surface area contributed by atoms with Crippen LogP contribution in [0, 0.1) is 58.7 Å². The van der Waals surface area contributed by atoms with E-state index in [0.29, 0.717) is 35.4 Å². The van der Waals surface area contributed by atoms with Crippen LogP contribution in [-0.4, -0.2) is 17.0 Å². The lowest BCUT2D eigenvalue weighted by Gasteiger charge is -2.62. The van der Waals surface area contributed by atoms with E-state index in [0.717, 1.165) is 38.5 Å². The molecule has 0 radical (unpaired) electrons. The third-order valence-electron chi connectivity index (χ3n) is 8.98. The summed E-state index contributed by atoms with van der Waals surface area (Å²) in [6, 6.07) is 0. The first-order valence-corrected chi connectivity index (χ1v) is 9.98. The number of Topliss-reactive ketones (excluding diaryl/α,β-unsaturated/α-hetero) is 1. The second kappa shape index (κ2) is 5.34. The maximum absolute atomic E-state index is 12.5. The van der Waals surface area contributed by atoms with Crippen molar-refractivity contribution in [3.8, 4) is 12.3 Å². The normalized spacial score (nSPS) is 56.8. The van der Waals surface area contributed by atoms with E-state index >= 15 is 0 Å². The summed E-state index contributed by atoms with van der Waals surface area (Å²) >= 11 is 0. The fourth-order valence-corrected chi connectivity index (χ4v) is 7.64.